The van der Waals surface area contributed by atoms with Crippen LogP contribution in [0.15, 0.2) is 30.5 Å². The summed E-state index contributed by atoms with van der Waals surface area (Å²) in [6, 6.07) is 7.30. The van der Waals surface area contributed by atoms with Crippen LogP contribution in [0, 0.1) is 0 Å². The lowest BCUT2D eigenvalue weighted by molar-refractivity contribution is -0.137. The number of rotatable bonds is 5. The Morgan fingerprint density at radius 2 is 2.00 bits per heavy atom. The van der Waals surface area contributed by atoms with Crippen LogP contribution in [-0.2, 0) is 16.1 Å². The average Bonchev–Trinajstić information content (AvgIpc) is 3.34. The number of carbonyl (C=O) groups is 3. The van der Waals surface area contributed by atoms with E-state index in [4.69, 9.17) is 0 Å². The van der Waals surface area contributed by atoms with E-state index >= 15 is 0 Å². The van der Waals surface area contributed by atoms with E-state index < -0.39 is 6.04 Å². The molecule has 1 saturated heterocycles. The van der Waals surface area contributed by atoms with Crippen molar-refractivity contribution in [2.45, 2.75) is 37.9 Å². The van der Waals surface area contributed by atoms with Gasteiger partial charge in [-0.3, -0.25) is 14.5 Å². The van der Waals surface area contributed by atoms with E-state index in [-0.39, 0.29) is 30.3 Å². The third-order valence-corrected chi connectivity index (χ3v) is 5.32. The molecule has 0 spiro atoms. The topological polar surface area (TPSA) is 76.7 Å². The number of carbonyl (C=O) groups excluding carboxylic acids is 3. The molecule has 2 aliphatic rings. The molecule has 4 amide bonds. The number of benzene rings is 1. The molecule has 0 bridgehead atoms. The van der Waals surface area contributed by atoms with Gasteiger partial charge in [0.2, 0.25) is 5.91 Å². The van der Waals surface area contributed by atoms with E-state index in [2.05, 4.69) is 11.1 Å². The Balaban J connectivity index is 1.50. The molecule has 4 rings (SSSR count). The Morgan fingerprint density at radius 1 is 1.23 bits per heavy atom. The van der Waals surface area contributed by atoms with E-state index in [1.807, 2.05) is 29.3 Å². The van der Waals surface area contributed by atoms with Gasteiger partial charge < -0.3 is 14.8 Å². The van der Waals surface area contributed by atoms with Gasteiger partial charge in [0.15, 0.2) is 0 Å². The summed E-state index contributed by atoms with van der Waals surface area (Å²) < 4.78 is 0. The molecule has 0 radical (unpaired) electrons. The number of urea groups is 1. The second-order valence-corrected chi connectivity index (χ2v) is 7.16. The van der Waals surface area contributed by atoms with E-state index in [1.165, 1.54) is 11.9 Å². The molecule has 0 unspecified atom stereocenters. The Labute approximate surface area is 151 Å². The maximum Gasteiger partial charge on any atom is 0.326 e. The first-order valence-corrected chi connectivity index (χ1v) is 8.85. The van der Waals surface area contributed by atoms with Crippen LogP contribution < -0.4 is 0 Å². The fourth-order valence-electron chi connectivity index (χ4n) is 3.57. The number of hydrogen-bond acceptors (Lipinski definition) is 3. The van der Waals surface area contributed by atoms with Crippen molar-refractivity contribution >= 4 is 28.7 Å². The number of hydrogen-bond donors (Lipinski definition) is 1. The molecule has 1 aliphatic heterocycles. The van der Waals surface area contributed by atoms with Gasteiger partial charge in [0.1, 0.15) is 6.04 Å². The van der Waals surface area contributed by atoms with Crippen molar-refractivity contribution in [3.05, 3.63) is 36.0 Å². The number of imide groups is 1. The van der Waals surface area contributed by atoms with Crippen LogP contribution in [0.4, 0.5) is 4.79 Å². The lowest BCUT2D eigenvalue weighted by atomic mass is 10.1. The van der Waals surface area contributed by atoms with Crippen LogP contribution in [0.3, 0.4) is 0 Å². The second-order valence-electron chi connectivity index (χ2n) is 7.16. The molecule has 7 heteroatoms. The molecule has 26 heavy (non-hydrogen) atoms. The predicted molar refractivity (Wildman–Crippen MR) is 96.2 cm³/mol. The smallest absolute Gasteiger partial charge is 0.326 e. The molecule has 1 saturated carbocycles. The zero-order valence-corrected chi connectivity index (χ0v) is 14.9. The minimum Gasteiger partial charge on any atom is -0.361 e. The molecule has 136 valence electrons. The van der Waals surface area contributed by atoms with Crippen LogP contribution in [0.2, 0.25) is 0 Å². The van der Waals surface area contributed by atoms with Gasteiger partial charge in [-0.15, -0.1) is 0 Å². The molecule has 7 nitrogen and oxygen atoms in total. The molecule has 1 atom stereocenters. The summed E-state index contributed by atoms with van der Waals surface area (Å²) in [6.07, 6.45) is 3.92. The number of aromatic nitrogens is 1. The molecule has 1 aliphatic carbocycles. The number of nitrogens with zero attached hydrogens (tertiary/aromatic N) is 3. The summed E-state index contributed by atoms with van der Waals surface area (Å²) >= 11 is 0. The van der Waals surface area contributed by atoms with Crippen LogP contribution in [0.1, 0.15) is 24.8 Å². The van der Waals surface area contributed by atoms with Gasteiger partial charge in [0.25, 0.3) is 5.91 Å². The Hall–Kier alpha value is -2.83. The van der Waals surface area contributed by atoms with Crippen LogP contribution in [-0.4, -0.2) is 63.7 Å². The van der Waals surface area contributed by atoms with Crippen LogP contribution >= 0.6 is 0 Å². The highest BCUT2D eigenvalue weighted by Crippen LogP contribution is 2.30. The third-order valence-electron chi connectivity index (χ3n) is 5.32. The van der Waals surface area contributed by atoms with Crippen molar-refractivity contribution in [3.63, 3.8) is 0 Å². The highest BCUT2D eigenvalue weighted by molar-refractivity contribution is 6.05. The summed E-state index contributed by atoms with van der Waals surface area (Å²) in [4.78, 5) is 44.5. The number of likely N-dealkylation sites (N-methyl/N-ethyl adjacent to an activating group) is 2. The van der Waals surface area contributed by atoms with Gasteiger partial charge in [-0.05, 0) is 42.0 Å². The maximum absolute atomic E-state index is 12.9. The Kier molecular flexibility index (Phi) is 3.94. The Bertz CT molecular complexity index is 886. The molecular weight excluding hydrogens is 332 g/mol. The van der Waals surface area contributed by atoms with Gasteiger partial charge >= 0.3 is 6.03 Å². The molecule has 2 aromatic rings. The fourth-order valence-corrected chi connectivity index (χ4v) is 3.57. The quantitative estimate of drug-likeness (QED) is 0.834. The summed E-state index contributed by atoms with van der Waals surface area (Å²) in [5, 5.41) is 1.11. The van der Waals surface area contributed by atoms with Crippen molar-refractivity contribution in [3.8, 4) is 0 Å². The first-order chi connectivity index (χ1) is 12.5. The van der Waals surface area contributed by atoms with E-state index in [0.29, 0.717) is 6.54 Å². The summed E-state index contributed by atoms with van der Waals surface area (Å²) in [6.45, 7) is 0.527. The fraction of sp³-hybridized carbons (Fsp3) is 0.421. The standard InChI is InChI=1S/C19H22N4O3/c1-21-16(18(25)22(2)19(21)26)10-17(24)23(14-4-5-14)11-12-3-6-15-13(9-12)7-8-20-15/h3,6-9,14,16,20H,4-5,10-11H2,1-2H3/t16-/m0/s1. The zero-order valence-electron chi connectivity index (χ0n) is 14.9. The highest BCUT2D eigenvalue weighted by Gasteiger charge is 2.43. The van der Waals surface area contributed by atoms with Gasteiger partial charge in [-0.1, -0.05) is 6.07 Å². The molecule has 1 aromatic heterocycles. The number of amides is 4. The first kappa shape index (κ1) is 16.6. The minimum absolute atomic E-state index is 0.0360. The SMILES string of the molecule is CN1C(=O)[C@H](CC(=O)N(Cc2ccc3[nH]ccc3c2)C2CC2)N(C)C1=O. The summed E-state index contributed by atoms with van der Waals surface area (Å²) in [5.41, 5.74) is 2.13. The van der Waals surface area contributed by atoms with E-state index in [9.17, 15) is 14.4 Å². The number of aromatic amines is 1. The second kappa shape index (κ2) is 6.16. The normalized spacial score (nSPS) is 20.3. The molecule has 1 aromatic carbocycles. The predicted octanol–water partition coefficient (Wildman–Crippen LogP) is 1.94. The highest BCUT2D eigenvalue weighted by atomic mass is 16.2. The number of H-pyrrole nitrogens is 1. The van der Waals surface area contributed by atoms with Gasteiger partial charge in [-0.25, -0.2) is 4.79 Å². The lowest BCUT2D eigenvalue weighted by Gasteiger charge is -2.25. The number of nitrogens with one attached hydrogen (secondary N) is 1. The minimum atomic E-state index is -0.701. The summed E-state index contributed by atoms with van der Waals surface area (Å²) in [5.74, 6) is -0.384. The number of fused-ring (bicyclic) bond motifs is 1. The van der Waals surface area contributed by atoms with Crippen molar-refractivity contribution in [1.82, 2.24) is 19.7 Å². The molecular formula is C19H22N4O3. The van der Waals surface area contributed by atoms with Gasteiger partial charge in [0.05, 0.1) is 6.42 Å². The van der Waals surface area contributed by atoms with Crippen molar-refractivity contribution in [2.24, 2.45) is 0 Å². The molecule has 2 heterocycles. The largest absolute Gasteiger partial charge is 0.361 e. The molecule has 1 N–H and O–H groups in total. The zero-order chi connectivity index (χ0) is 18.4. The maximum atomic E-state index is 12.9. The van der Waals surface area contributed by atoms with Crippen LogP contribution in [0.25, 0.3) is 10.9 Å². The van der Waals surface area contributed by atoms with Crippen LogP contribution in [0.5, 0.6) is 0 Å². The lowest BCUT2D eigenvalue weighted by Crippen LogP contribution is -2.40. The monoisotopic (exact) mass is 354 g/mol. The van der Waals surface area contributed by atoms with E-state index in [0.717, 1.165) is 34.2 Å². The average molecular weight is 354 g/mol. The Morgan fingerprint density at radius 3 is 2.65 bits per heavy atom. The summed E-state index contributed by atoms with van der Waals surface area (Å²) in [7, 11) is 3.03. The third kappa shape index (κ3) is 2.83. The molecule has 2 fully saturated rings. The first-order valence-electron chi connectivity index (χ1n) is 8.85. The van der Waals surface area contributed by atoms with Gasteiger partial charge in [-0.2, -0.15) is 0 Å². The van der Waals surface area contributed by atoms with Crippen molar-refractivity contribution in [1.29, 1.82) is 0 Å². The van der Waals surface area contributed by atoms with E-state index in [1.54, 1.807) is 7.05 Å². The van der Waals surface area contributed by atoms with Crippen molar-refractivity contribution < 1.29 is 14.4 Å². The van der Waals surface area contributed by atoms with Crippen molar-refractivity contribution in [2.75, 3.05) is 14.1 Å². The van der Waals surface area contributed by atoms with Gasteiger partial charge in [0, 0.05) is 38.4 Å².